The minimum Gasteiger partial charge on any atom is -0.496 e. The molecule has 0 spiro atoms. The zero-order valence-electron chi connectivity index (χ0n) is 16.1. The molecule has 0 radical (unpaired) electrons. The molecule has 0 aliphatic carbocycles. The van der Waals surface area contributed by atoms with Gasteiger partial charge in [0.2, 0.25) is 0 Å². The maximum Gasteiger partial charge on any atom is 0.191 e. The first-order chi connectivity index (χ1) is 13.1. The molecular formula is C19H27ClN6O. The average molecular weight is 391 g/mol. The number of rotatable bonds is 6. The predicted octanol–water partition coefficient (Wildman–Crippen LogP) is 2.57. The minimum atomic E-state index is 0.272. The molecule has 1 aromatic heterocycles. The number of nitrogens with zero attached hydrogens (tertiary/aromatic N) is 4. The molecule has 27 heavy (non-hydrogen) atoms. The number of hydrogen-bond acceptors (Lipinski definition) is 4. The van der Waals surface area contributed by atoms with E-state index in [9.17, 15) is 0 Å². The van der Waals surface area contributed by atoms with Crippen LogP contribution >= 0.6 is 11.6 Å². The zero-order chi connectivity index (χ0) is 19.2. The van der Waals surface area contributed by atoms with E-state index >= 15 is 0 Å². The van der Waals surface area contributed by atoms with Crippen molar-refractivity contribution in [3.8, 4) is 5.75 Å². The Bertz CT molecular complexity index is 803. The Morgan fingerprint density at radius 3 is 3.00 bits per heavy atom. The van der Waals surface area contributed by atoms with Crippen molar-refractivity contribution in [2.24, 2.45) is 4.99 Å². The summed E-state index contributed by atoms with van der Waals surface area (Å²) < 4.78 is 7.43. The first kappa shape index (κ1) is 19.5. The quantitative estimate of drug-likeness (QED) is 0.585. The molecule has 1 aliphatic heterocycles. The number of fused-ring (bicyclic) bond motifs is 1. The van der Waals surface area contributed by atoms with E-state index in [0.29, 0.717) is 11.6 Å². The number of methoxy groups -OCH3 is 1. The van der Waals surface area contributed by atoms with Crippen molar-refractivity contribution in [1.29, 1.82) is 0 Å². The number of halogens is 1. The number of aryl methyl sites for hydroxylation is 2. The Morgan fingerprint density at radius 2 is 2.26 bits per heavy atom. The van der Waals surface area contributed by atoms with Gasteiger partial charge in [0.25, 0.3) is 0 Å². The summed E-state index contributed by atoms with van der Waals surface area (Å²) in [6.07, 6.45) is 2.80. The fourth-order valence-electron chi connectivity index (χ4n) is 3.15. The van der Waals surface area contributed by atoms with E-state index in [-0.39, 0.29) is 6.04 Å². The minimum absolute atomic E-state index is 0.272. The van der Waals surface area contributed by atoms with Crippen LogP contribution in [0, 0.1) is 0 Å². The molecule has 0 saturated heterocycles. The third kappa shape index (κ3) is 4.91. The monoisotopic (exact) mass is 390 g/mol. The molecule has 1 atom stereocenters. The molecule has 1 aromatic carbocycles. The van der Waals surface area contributed by atoms with Gasteiger partial charge in [-0.3, -0.25) is 0 Å². The third-order valence-corrected chi connectivity index (χ3v) is 4.79. The largest absolute Gasteiger partial charge is 0.496 e. The van der Waals surface area contributed by atoms with Gasteiger partial charge in [-0.1, -0.05) is 24.6 Å². The van der Waals surface area contributed by atoms with Crippen molar-refractivity contribution < 1.29 is 4.74 Å². The van der Waals surface area contributed by atoms with Crippen molar-refractivity contribution in [2.75, 3.05) is 13.7 Å². The van der Waals surface area contributed by atoms with Gasteiger partial charge >= 0.3 is 0 Å². The Balaban J connectivity index is 1.68. The van der Waals surface area contributed by atoms with Crippen LogP contribution in [0.15, 0.2) is 23.2 Å². The molecular weight excluding hydrogens is 364 g/mol. The molecule has 0 fully saturated rings. The highest BCUT2D eigenvalue weighted by atomic mass is 35.5. The van der Waals surface area contributed by atoms with Gasteiger partial charge in [0.05, 0.1) is 20.2 Å². The summed E-state index contributed by atoms with van der Waals surface area (Å²) in [6.45, 7) is 6.25. The first-order valence-electron chi connectivity index (χ1n) is 9.42. The number of aromatic nitrogens is 3. The maximum absolute atomic E-state index is 6.04. The summed E-state index contributed by atoms with van der Waals surface area (Å²) in [5.41, 5.74) is 0.994. The van der Waals surface area contributed by atoms with Gasteiger partial charge in [-0.05, 0) is 25.5 Å². The Kier molecular flexibility index (Phi) is 6.55. The highest BCUT2D eigenvalue weighted by molar-refractivity contribution is 6.30. The lowest BCUT2D eigenvalue weighted by Crippen LogP contribution is -2.47. The van der Waals surface area contributed by atoms with Crippen LogP contribution in [-0.2, 0) is 25.9 Å². The second-order valence-corrected chi connectivity index (χ2v) is 6.95. The molecule has 8 heteroatoms. The summed E-state index contributed by atoms with van der Waals surface area (Å²) >= 11 is 6.04. The van der Waals surface area contributed by atoms with Gasteiger partial charge in [-0.15, -0.1) is 0 Å². The van der Waals surface area contributed by atoms with E-state index in [4.69, 9.17) is 21.3 Å². The lowest BCUT2D eigenvalue weighted by Gasteiger charge is -2.25. The van der Waals surface area contributed by atoms with Crippen LogP contribution in [-0.4, -0.2) is 40.4 Å². The molecule has 2 aromatic rings. The number of guanidine groups is 1. The number of benzene rings is 1. The molecule has 0 bridgehead atoms. The molecule has 1 unspecified atom stereocenters. The van der Waals surface area contributed by atoms with Crippen LogP contribution in [0.4, 0.5) is 0 Å². The Labute approximate surface area is 165 Å². The Hall–Kier alpha value is -2.28. The van der Waals surface area contributed by atoms with E-state index < -0.39 is 0 Å². The van der Waals surface area contributed by atoms with E-state index in [2.05, 4.69) is 34.6 Å². The Morgan fingerprint density at radius 1 is 1.41 bits per heavy atom. The second-order valence-electron chi connectivity index (χ2n) is 6.51. The highest BCUT2D eigenvalue weighted by Gasteiger charge is 2.22. The number of hydrogen-bond donors (Lipinski definition) is 2. The molecule has 146 valence electrons. The van der Waals surface area contributed by atoms with Crippen LogP contribution in [0.1, 0.15) is 37.5 Å². The lowest BCUT2D eigenvalue weighted by atomic mass is 10.1. The summed E-state index contributed by atoms with van der Waals surface area (Å²) in [4.78, 5) is 9.29. The molecule has 2 N–H and O–H groups in total. The molecule has 0 amide bonds. The van der Waals surface area contributed by atoms with Crippen LogP contribution in [0.25, 0.3) is 0 Å². The SMILES string of the molecule is CCNC(=NCc1ccc(Cl)cc1OC)NC1CCc2nc(CC)nn2C1. The van der Waals surface area contributed by atoms with Crippen LogP contribution in [0.3, 0.4) is 0 Å². The third-order valence-electron chi connectivity index (χ3n) is 4.56. The van der Waals surface area contributed by atoms with Gasteiger partial charge in [-0.2, -0.15) is 5.10 Å². The van der Waals surface area contributed by atoms with Crippen LogP contribution < -0.4 is 15.4 Å². The molecule has 1 aliphatic rings. The molecule has 0 saturated carbocycles. The molecule has 2 heterocycles. The zero-order valence-corrected chi connectivity index (χ0v) is 16.9. The van der Waals surface area contributed by atoms with E-state index in [0.717, 1.165) is 61.3 Å². The summed E-state index contributed by atoms with van der Waals surface area (Å²) in [5.74, 6) is 3.54. The highest BCUT2D eigenvalue weighted by Crippen LogP contribution is 2.23. The van der Waals surface area contributed by atoms with Crippen molar-refractivity contribution >= 4 is 17.6 Å². The van der Waals surface area contributed by atoms with E-state index in [1.54, 1.807) is 7.11 Å². The van der Waals surface area contributed by atoms with Crippen molar-refractivity contribution in [1.82, 2.24) is 25.4 Å². The summed E-state index contributed by atoms with van der Waals surface area (Å²) in [6, 6.07) is 5.89. The van der Waals surface area contributed by atoms with Gasteiger partial charge in [0.1, 0.15) is 11.6 Å². The fourth-order valence-corrected chi connectivity index (χ4v) is 3.32. The van der Waals surface area contributed by atoms with Gasteiger partial charge in [0, 0.05) is 36.0 Å². The summed E-state index contributed by atoms with van der Waals surface area (Å²) in [5, 5.41) is 12.1. The van der Waals surface area contributed by atoms with Crippen LogP contribution in [0.5, 0.6) is 5.75 Å². The van der Waals surface area contributed by atoms with Crippen molar-refractivity contribution in [2.45, 2.75) is 52.2 Å². The van der Waals surface area contributed by atoms with Crippen molar-refractivity contribution in [3.63, 3.8) is 0 Å². The topological polar surface area (TPSA) is 76.4 Å². The van der Waals surface area contributed by atoms with Gasteiger partial charge < -0.3 is 15.4 Å². The number of ether oxygens (including phenoxy) is 1. The predicted molar refractivity (Wildman–Crippen MR) is 107 cm³/mol. The maximum atomic E-state index is 6.04. The van der Waals surface area contributed by atoms with E-state index in [1.165, 1.54) is 0 Å². The number of nitrogens with one attached hydrogen (secondary N) is 2. The van der Waals surface area contributed by atoms with Gasteiger partial charge in [0.15, 0.2) is 11.8 Å². The second kappa shape index (κ2) is 9.08. The summed E-state index contributed by atoms with van der Waals surface area (Å²) in [7, 11) is 1.64. The average Bonchev–Trinajstić information content (AvgIpc) is 3.09. The molecule has 7 nitrogen and oxygen atoms in total. The van der Waals surface area contributed by atoms with Gasteiger partial charge in [-0.25, -0.2) is 14.7 Å². The van der Waals surface area contributed by atoms with Crippen LogP contribution in [0.2, 0.25) is 5.02 Å². The first-order valence-corrected chi connectivity index (χ1v) is 9.80. The van der Waals surface area contributed by atoms with E-state index in [1.807, 2.05) is 22.9 Å². The molecule has 3 rings (SSSR count). The fraction of sp³-hybridized carbons (Fsp3) is 0.526. The number of aliphatic imine (C=N–C) groups is 1. The van der Waals surface area contributed by atoms with Crippen molar-refractivity contribution in [3.05, 3.63) is 40.4 Å². The normalized spacial score (nSPS) is 16.7. The smallest absolute Gasteiger partial charge is 0.191 e. The standard InChI is InChI=1S/C19H27ClN6O/c1-4-17-24-18-9-8-15(12-26(18)25-17)23-19(21-5-2)22-11-13-6-7-14(20)10-16(13)27-3/h6-7,10,15H,4-5,8-9,11-12H2,1-3H3,(H2,21,22,23). The lowest BCUT2D eigenvalue weighted by molar-refractivity contribution is 0.392.